The van der Waals surface area contributed by atoms with Crippen molar-refractivity contribution in [3.63, 3.8) is 0 Å². The van der Waals surface area contributed by atoms with Gasteiger partial charge in [-0.15, -0.1) is 0 Å². The third kappa shape index (κ3) is 5.67. The molecule has 1 N–H and O–H groups in total. The van der Waals surface area contributed by atoms with Crippen LogP contribution in [0.4, 0.5) is 17.2 Å². The van der Waals surface area contributed by atoms with Gasteiger partial charge in [-0.05, 0) is 36.4 Å². The van der Waals surface area contributed by atoms with Gasteiger partial charge in [-0.2, -0.15) is 0 Å². The molecule has 0 unspecified atom stereocenters. The van der Waals surface area contributed by atoms with Crippen molar-refractivity contribution in [3.8, 4) is 11.5 Å². The van der Waals surface area contributed by atoms with Crippen molar-refractivity contribution in [1.29, 1.82) is 0 Å². The molecule has 0 radical (unpaired) electrons. The Bertz CT molecular complexity index is 1070. The number of hydrogen-bond donors (Lipinski definition) is 1. The maximum absolute atomic E-state index is 12.5. The van der Waals surface area contributed by atoms with E-state index in [9.17, 15) is 4.79 Å². The standard InChI is InChI=1S/C24H27N5O3S/c1-31-19-9-7-18(8-10-19)28-13-15-29(16-14-28)23-24(26-12-11-25-23)33-17-22(30)27-20-5-3-4-6-21(20)32-2/h3-12H,13-17H2,1-2H3,(H,27,30). The summed E-state index contributed by atoms with van der Waals surface area (Å²) in [7, 11) is 3.26. The van der Waals surface area contributed by atoms with E-state index in [0.717, 1.165) is 42.8 Å². The van der Waals surface area contributed by atoms with Crippen LogP contribution in [-0.4, -0.2) is 62.0 Å². The molecule has 9 heteroatoms. The Morgan fingerprint density at radius 3 is 2.36 bits per heavy atom. The normalized spacial score (nSPS) is 13.5. The summed E-state index contributed by atoms with van der Waals surface area (Å²) in [4.78, 5) is 26.2. The summed E-state index contributed by atoms with van der Waals surface area (Å²) in [6.07, 6.45) is 3.36. The average molecular weight is 466 g/mol. The summed E-state index contributed by atoms with van der Waals surface area (Å²) in [5.74, 6) is 2.42. The number of ether oxygens (including phenoxy) is 2. The summed E-state index contributed by atoms with van der Waals surface area (Å²) in [5.41, 5.74) is 1.83. The molecule has 1 aliphatic rings. The summed E-state index contributed by atoms with van der Waals surface area (Å²) in [5, 5.41) is 3.66. The van der Waals surface area contributed by atoms with Gasteiger partial charge < -0.3 is 24.6 Å². The lowest BCUT2D eigenvalue weighted by Gasteiger charge is -2.37. The van der Waals surface area contributed by atoms with Gasteiger partial charge in [-0.25, -0.2) is 9.97 Å². The first-order chi connectivity index (χ1) is 16.2. The predicted octanol–water partition coefficient (Wildman–Crippen LogP) is 3.55. The molecule has 0 saturated carbocycles. The van der Waals surface area contributed by atoms with Crippen LogP contribution in [0, 0.1) is 0 Å². The van der Waals surface area contributed by atoms with Crippen molar-refractivity contribution in [3.05, 3.63) is 60.9 Å². The molecule has 172 valence electrons. The van der Waals surface area contributed by atoms with Crippen LogP contribution in [0.2, 0.25) is 0 Å². The second kappa shape index (κ2) is 10.9. The van der Waals surface area contributed by atoms with E-state index in [0.29, 0.717) is 11.4 Å². The fourth-order valence-corrected chi connectivity index (χ4v) is 4.46. The van der Waals surface area contributed by atoms with E-state index in [1.807, 2.05) is 36.4 Å². The smallest absolute Gasteiger partial charge is 0.234 e. The number of nitrogens with zero attached hydrogens (tertiary/aromatic N) is 4. The molecule has 4 rings (SSSR count). The summed E-state index contributed by atoms with van der Waals surface area (Å²) in [6, 6.07) is 15.5. The molecule has 2 heterocycles. The Balaban J connectivity index is 1.35. The Hall–Kier alpha value is -3.46. The number of amides is 1. The first-order valence-corrected chi connectivity index (χ1v) is 11.7. The van der Waals surface area contributed by atoms with Crippen LogP contribution in [0.3, 0.4) is 0 Å². The van der Waals surface area contributed by atoms with E-state index in [1.165, 1.54) is 17.4 Å². The number of aromatic nitrogens is 2. The maximum Gasteiger partial charge on any atom is 0.234 e. The number of carbonyl (C=O) groups excluding carboxylic acids is 1. The molecular weight excluding hydrogens is 438 g/mol. The minimum absolute atomic E-state index is 0.120. The van der Waals surface area contributed by atoms with Crippen LogP contribution >= 0.6 is 11.8 Å². The highest BCUT2D eigenvalue weighted by Gasteiger charge is 2.22. The number of rotatable bonds is 8. The minimum atomic E-state index is -0.120. The summed E-state index contributed by atoms with van der Waals surface area (Å²) >= 11 is 1.39. The Kier molecular flexibility index (Phi) is 7.51. The fourth-order valence-electron chi connectivity index (χ4n) is 3.67. The van der Waals surface area contributed by atoms with Crippen molar-refractivity contribution in [2.75, 3.05) is 61.3 Å². The number of hydrogen-bond acceptors (Lipinski definition) is 8. The molecule has 1 aromatic heterocycles. The Morgan fingerprint density at radius 1 is 0.939 bits per heavy atom. The molecule has 8 nitrogen and oxygen atoms in total. The van der Waals surface area contributed by atoms with Crippen molar-refractivity contribution in [1.82, 2.24) is 9.97 Å². The van der Waals surface area contributed by atoms with Crippen LogP contribution < -0.4 is 24.6 Å². The van der Waals surface area contributed by atoms with Crippen LogP contribution in [-0.2, 0) is 4.79 Å². The van der Waals surface area contributed by atoms with Crippen molar-refractivity contribution >= 4 is 34.9 Å². The van der Waals surface area contributed by atoms with E-state index < -0.39 is 0 Å². The van der Waals surface area contributed by atoms with Gasteiger partial charge in [0.15, 0.2) is 5.82 Å². The van der Waals surface area contributed by atoms with Crippen LogP contribution in [0.25, 0.3) is 0 Å². The summed E-state index contributed by atoms with van der Waals surface area (Å²) < 4.78 is 10.5. The number of piperazine rings is 1. The number of methoxy groups -OCH3 is 2. The van der Waals surface area contributed by atoms with Gasteiger partial charge in [0.1, 0.15) is 16.5 Å². The molecule has 3 aromatic rings. The molecule has 0 spiro atoms. The topological polar surface area (TPSA) is 79.8 Å². The van der Waals surface area contributed by atoms with Crippen molar-refractivity contribution in [2.45, 2.75) is 5.03 Å². The van der Waals surface area contributed by atoms with Gasteiger partial charge in [0.2, 0.25) is 5.91 Å². The molecule has 2 aromatic carbocycles. The number of nitrogens with one attached hydrogen (secondary N) is 1. The van der Waals surface area contributed by atoms with Crippen molar-refractivity contribution in [2.24, 2.45) is 0 Å². The zero-order valence-electron chi connectivity index (χ0n) is 18.7. The monoisotopic (exact) mass is 465 g/mol. The number of para-hydroxylation sites is 2. The van der Waals surface area contributed by atoms with Crippen LogP contribution in [0.5, 0.6) is 11.5 Å². The zero-order chi connectivity index (χ0) is 23.0. The van der Waals surface area contributed by atoms with Gasteiger partial charge in [0.05, 0.1) is 25.7 Å². The van der Waals surface area contributed by atoms with E-state index in [1.54, 1.807) is 26.6 Å². The molecule has 1 saturated heterocycles. The summed E-state index contributed by atoms with van der Waals surface area (Å²) in [6.45, 7) is 3.40. The second-order valence-corrected chi connectivity index (χ2v) is 8.36. The lowest BCUT2D eigenvalue weighted by Crippen LogP contribution is -2.47. The van der Waals surface area contributed by atoms with Gasteiger partial charge >= 0.3 is 0 Å². The highest BCUT2D eigenvalue weighted by Crippen LogP contribution is 2.29. The molecule has 1 aliphatic heterocycles. The number of thioether (sulfide) groups is 1. The largest absolute Gasteiger partial charge is 0.497 e. The average Bonchev–Trinajstić information content (AvgIpc) is 2.88. The van der Waals surface area contributed by atoms with Gasteiger partial charge in [0, 0.05) is 44.3 Å². The third-order valence-electron chi connectivity index (χ3n) is 5.38. The quantitative estimate of drug-likeness (QED) is 0.506. The van der Waals surface area contributed by atoms with E-state index in [-0.39, 0.29) is 11.7 Å². The lowest BCUT2D eigenvalue weighted by atomic mass is 10.2. The minimum Gasteiger partial charge on any atom is -0.497 e. The SMILES string of the molecule is COc1ccc(N2CCN(c3nccnc3SCC(=O)Nc3ccccc3OC)CC2)cc1. The molecule has 33 heavy (non-hydrogen) atoms. The highest BCUT2D eigenvalue weighted by atomic mass is 32.2. The Morgan fingerprint density at radius 2 is 1.64 bits per heavy atom. The van der Waals surface area contributed by atoms with Crippen LogP contribution in [0.1, 0.15) is 0 Å². The van der Waals surface area contributed by atoms with Crippen LogP contribution in [0.15, 0.2) is 66.0 Å². The van der Waals surface area contributed by atoms with Gasteiger partial charge in [0.25, 0.3) is 0 Å². The first kappa shape index (κ1) is 22.7. The first-order valence-electron chi connectivity index (χ1n) is 10.7. The molecule has 0 atom stereocenters. The predicted molar refractivity (Wildman–Crippen MR) is 132 cm³/mol. The molecular formula is C24H27N5O3S. The third-order valence-corrected chi connectivity index (χ3v) is 6.35. The van der Waals surface area contributed by atoms with Crippen molar-refractivity contribution < 1.29 is 14.3 Å². The number of anilines is 3. The van der Waals surface area contributed by atoms with E-state index in [2.05, 4.69) is 37.2 Å². The fraction of sp³-hybridized carbons (Fsp3) is 0.292. The van der Waals surface area contributed by atoms with Gasteiger partial charge in [-0.1, -0.05) is 23.9 Å². The molecule has 1 fully saturated rings. The van der Waals surface area contributed by atoms with E-state index >= 15 is 0 Å². The second-order valence-electron chi connectivity index (χ2n) is 7.39. The lowest BCUT2D eigenvalue weighted by molar-refractivity contribution is -0.113. The highest BCUT2D eigenvalue weighted by molar-refractivity contribution is 8.00. The maximum atomic E-state index is 12.5. The molecule has 1 amide bonds. The number of benzene rings is 2. The zero-order valence-corrected chi connectivity index (χ0v) is 19.5. The molecule has 0 bridgehead atoms. The van der Waals surface area contributed by atoms with E-state index in [4.69, 9.17) is 9.47 Å². The number of carbonyl (C=O) groups is 1. The molecule has 0 aliphatic carbocycles. The Labute approximate surface area is 197 Å². The van der Waals surface area contributed by atoms with Gasteiger partial charge in [-0.3, -0.25) is 4.79 Å².